The summed E-state index contributed by atoms with van der Waals surface area (Å²) in [5.74, 6) is -1.43. The van der Waals surface area contributed by atoms with Gasteiger partial charge in [-0.15, -0.1) is 0 Å². The molecule has 0 unspecified atom stereocenters. The number of carbonyl (C=O) groups is 3. The van der Waals surface area contributed by atoms with Crippen molar-refractivity contribution in [2.75, 3.05) is 0 Å². The second-order valence-corrected chi connectivity index (χ2v) is 3.93. The van der Waals surface area contributed by atoms with E-state index in [4.69, 9.17) is 21.1 Å². The summed E-state index contributed by atoms with van der Waals surface area (Å²) in [6.07, 6.45) is 0. The van der Waals surface area contributed by atoms with Crippen molar-refractivity contribution in [3.63, 3.8) is 0 Å². The first-order valence-electron chi connectivity index (χ1n) is 5.02. The van der Waals surface area contributed by atoms with Crippen LogP contribution in [0.3, 0.4) is 0 Å². The fourth-order valence-electron chi connectivity index (χ4n) is 1.28. The van der Waals surface area contributed by atoms with Crippen LogP contribution in [0.25, 0.3) is 0 Å². The van der Waals surface area contributed by atoms with E-state index in [1.807, 2.05) is 0 Å². The van der Waals surface area contributed by atoms with Gasteiger partial charge in [0.05, 0.1) is 10.6 Å². The third-order valence-electron chi connectivity index (χ3n) is 1.92. The van der Waals surface area contributed by atoms with Gasteiger partial charge in [-0.2, -0.15) is 0 Å². The van der Waals surface area contributed by atoms with Gasteiger partial charge in [-0.25, -0.2) is 0 Å². The predicted octanol–water partition coefficient (Wildman–Crippen LogP) is 2.39. The summed E-state index contributed by atoms with van der Waals surface area (Å²) in [5, 5.41) is 0.0892. The molecule has 0 atom stereocenters. The number of carbonyl (C=O) groups excluding carboxylic acids is 3. The summed E-state index contributed by atoms with van der Waals surface area (Å²) in [7, 11) is 0. The second kappa shape index (κ2) is 5.64. The smallest absolute Gasteiger partial charge is 0.308 e. The minimum absolute atomic E-state index is 0.00986. The van der Waals surface area contributed by atoms with Crippen LogP contribution in [0.15, 0.2) is 12.1 Å². The molecule has 6 heteroatoms. The molecule has 0 aromatic heterocycles. The minimum Gasteiger partial charge on any atom is -0.426 e. The van der Waals surface area contributed by atoms with E-state index in [2.05, 4.69) is 0 Å². The first kappa shape index (κ1) is 14.2. The summed E-state index contributed by atoms with van der Waals surface area (Å²) in [5.41, 5.74) is 0.145. The second-order valence-electron chi connectivity index (χ2n) is 3.52. The van der Waals surface area contributed by atoms with E-state index >= 15 is 0 Å². The lowest BCUT2D eigenvalue weighted by atomic mass is 10.1. The average molecular weight is 271 g/mol. The van der Waals surface area contributed by atoms with Crippen LogP contribution in [0.2, 0.25) is 5.02 Å². The highest BCUT2D eigenvalue weighted by molar-refractivity contribution is 6.32. The van der Waals surface area contributed by atoms with Crippen LogP contribution in [0.1, 0.15) is 31.1 Å². The summed E-state index contributed by atoms with van der Waals surface area (Å²) in [4.78, 5) is 33.2. The first-order chi connectivity index (χ1) is 8.31. The number of ether oxygens (including phenoxy) is 2. The zero-order valence-electron chi connectivity index (χ0n) is 10.1. The van der Waals surface area contributed by atoms with E-state index in [1.165, 1.54) is 32.9 Å². The molecule has 0 spiro atoms. The van der Waals surface area contributed by atoms with E-state index in [9.17, 15) is 14.4 Å². The Balaban J connectivity index is 3.30. The quantitative estimate of drug-likeness (QED) is 0.479. The lowest BCUT2D eigenvalue weighted by Crippen LogP contribution is -2.08. The van der Waals surface area contributed by atoms with E-state index < -0.39 is 11.9 Å². The van der Waals surface area contributed by atoms with E-state index in [-0.39, 0.29) is 27.9 Å². The number of hydrogen-bond donors (Lipinski definition) is 0. The average Bonchev–Trinajstić information content (AvgIpc) is 2.20. The lowest BCUT2D eigenvalue weighted by Gasteiger charge is -2.10. The Morgan fingerprint density at radius 2 is 1.44 bits per heavy atom. The third-order valence-corrected chi connectivity index (χ3v) is 2.22. The van der Waals surface area contributed by atoms with E-state index in [1.54, 1.807) is 0 Å². The molecule has 0 saturated carbocycles. The maximum atomic E-state index is 11.4. The number of ketones is 1. The summed E-state index contributed by atoms with van der Waals surface area (Å²) in [6.45, 7) is 3.72. The van der Waals surface area contributed by atoms with Crippen LogP contribution in [-0.2, 0) is 9.59 Å². The maximum absolute atomic E-state index is 11.4. The topological polar surface area (TPSA) is 69.7 Å². The molecule has 1 aromatic rings. The number of rotatable bonds is 3. The molecule has 0 bridgehead atoms. The predicted molar refractivity (Wildman–Crippen MR) is 64.1 cm³/mol. The van der Waals surface area contributed by atoms with Crippen molar-refractivity contribution >= 4 is 29.3 Å². The number of halogens is 1. The number of hydrogen-bond acceptors (Lipinski definition) is 5. The molecular formula is C12H11ClO5. The Kier molecular flexibility index (Phi) is 4.44. The molecule has 1 rings (SSSR count). The van der Waals surface area contributed by atoms with Crippen molar-refractivity contribution in [2.45, 2.75) is 20.8 Å². The molecule has 0 heterocycles. The van der Waals surface area contributed by atoms with E-state index in [0.717, 1.165) is 0 Å². The normalized spacial score (nSPS) is 9.78. The van der Waals surface area contributed by atoms with Crippen LogP contribution in [-0.4, -0.2) is 17.7 Å². The highest BCUT2D eigenvalue weighted by Gasteiger charge is 2.16. The van der Waals surface area contributed by atoms with Gasteiger partial charge in [0.25, 0.3) is 0 Å². The van der Waals surface area contributed by atoms with Crippen molar-refractivity contribution in [1.82, 2.24) is 0 Å². The molecule has 0 aliphatic heterocycles. The summed E-state index contributed by atoms with van der Waals surface area (Å²) >= 11 is 5.86. The van der Waals surface area contributed by atoms with Gasteiger partial charge in [0.1, 0.15) is 5.75 Å². The first-order valence-corrected chi connectivity index (χ1v) is 5.40. The summed E-state index contributed by atoms with van der Waals surface area (Å²) < 4.78 is 9.70. The molecule has 0 aliphatic rings. The molecule has 0 amide bonds. The number of esters is 2. The molecule has 5 nitrogen and oxygen atoms in total. The third kappa shape index (κ3) is 3.56. The van der Waals surface area contributed by atoms with Gasteiger partial charge < -0.3 is 9.47 Å². The van der Waals surface area contributed by atoms with E-state index in [0.29, 0.717) is 0 Å². The molecule has 0 N–H and O–H groups in total. The molecule has 0 radical (unpaired) electrons. The van der Waals surface area contributed by atoms with Gasteiger partial charge >= 0.3 is 11.9 Å². The van der Waals surface area contributed by atoms with Crippen molar-refractivity contribution in [3.05, 3.63) is 22.7 Å². The van der Waals surface area contributed by atoms with Gasteiger partial charge in [0.2, 0.25) is 0 Å². The molecule has 0 saturated heterocycles. The standard InChI is InChI=1S/C12H11ClO5/c1-6(14)9-4-10(13)12(18-8(3)16)5-11(9)17-7(2)15/h4-5H,1-3H3. The Morgan fingerprint density at radius 3 is 1.89 bits per heavy atom. The zero-order valence-corrected chi connectivity index (χ0v) is 10.8. The molecule has 96 valence electrons. The van der Waals surface area contributed by atoms with Crippen molar-refractivity contribution in [2.24, 2.45) is 0 Å². The zero-order chi connectivity index (χ0) is 13.9. The van der Waals surface area contributed by atoms with Crippen LogP contribution < -0.4 is 9.47 Å². The minimum atomic E-state index is -0.589. The van der Waals surface area contributed by atoms with Crippen LogP contribution in [0, 0.1) is 0 Å². The molecule has 18 heavy (non-hydrogen) atoms. The van der Waals surface area contributed by atoms with Crippen LogP contribution >= 0.6 is 11.6 Å². The molecular weight excluding hydrogens is 260 g/mol. The Bertz CT molecular complexity index is 521. The van der Waals surface area contributed by atoms with Gasteiger partial charge in [-0.1, -0.05) is 11.6 Å². The highest BCUT2D eigenvalue weighted by Crippen LogP contribution is 2.33. The fraction of sp³-hybridized carbons (Fsp3) is 0.250. The van der Waals surface area contributed by atoms with Gasteiger partial charge in [0.15, 0.2) is 11.5 Å². The molecule has 0 fully saturated rings. The largest absolute Gasteiger partial charge is 0.426 e. The van der Waals surface area contributed by atoms with Gasteiger partial charge in [-0.05, 0) is 13.0 Å². The Labute approximate surface area is 109 Å². The SMILES string of the molecule is CC(=O)Oc1cc(OC(C)=O)c(C(C)=O)cc1Cl. The summed E-state index contributed by atoms with van der Waals surface area (Å²) in [6, 6.07) is 2.53. The number of Topliss-reactive ketones (excluding diaryl/α,β-unsaturated/α-hetero) is 1. The van der Waals surface area contributed by atoms with Gasteiger partial charge in [-0.3, -0.25) is 14.4 Å². The number of benzene rings is 1. The highest BCUT2D eigenvalue weighted by atomic mass is 35.5. The van der Waals surface area contributed by atoms with Crippen molar-refractivity contribution < 1.29 is 23.9 Å². The lowest BCUT2D eigenvalue weighted by molar-refractivity contribution is -0.132. The van der Waals surface area contributed by atoms with Crippen molar-refractivity contribution in [3.8, 4) is 11.5 Å². The Morgan fingerprint density at radius 1 is 0.944 bits per heavy atom. The molecule has 0 aliphatic carbocycles. The van der Waals surface area contributed by atoms with Crippen LogP contribution in [0.4, 0.5) is 0 Å². The monoisotopic (exact) mass is 270 g/mol. The maximum Gasteiger partial charge on any atom is 0.308 e. The van der Waals surface area contributed by atoms with Crippen LogP contribution in [0.5, 0.6) is 11.5 Å². The molecule has 1 aromatic carbocycles. The Hall–Kier alpha value is -1.88. The van der Waals surface area contributed by atoms with Crippen molar-refractivity contribution in [1.29, 1.82) is 0 Å². The van der Waals surface area contributed by atoms with Gasteiger partial charge in [0, 0.05) is 19.9 Å². The fourth-order valence-corrected chi connectivity index (χ4v) is 1.48.